The molecule has 0 unspecified atom stereocenters. The molecule has 1 fully saturated rings. The van der Waals surface area contributed by atoms with Crippen LogP contribution in [0, 0.1) is 0 Å². The molecule has 0 radical (unpaired) electrons. The fourth-order valence-corrected chi connectivity index (χ4v) is 3.12. The van der Waals surface area contributed by atoms with E-state index in [2.05, 4.69) is 15.9 Å². The fourth-order valence-electron chi connectivity index (χ4n) is 2.00. The predicted octanol–water partition coefficient (Wildman–Crippen LogP) is 2.89. The highest BCUT2D eigenvalue weighted by molar-refractivity contribution is 9.10. The molecule has 1 saturated heterocycles. The summed E-state index contributed by atoms with van der Waals surface area (Å²) in [7, 11) is 0. The van der Waals surface area contributed by atoms with Gasteiger partial charge < -0.3 is 10.6 Å². The number of carbonyl (C=O) groups is 1. The molecule has 5 heteroatoms. The lowest BCUT2D eigenvalue weighted by molar-refractivity contribution is -0.127. The van der Waals surface area contributed by atoms with Gasteiger partial charge in [0.1, 0.15) is 0 Å². The zero-order valence-corrected chi connectivity index (χ0v) is 12.6. The van der Waals surface area contributed by atoms with Crippen LogP contribution in [0.4, 0.5) is 5.69 Å². The van der Waals surface area contributed by atoms with E-state index in [0.717, 1.165) is 47.4 Å². The van der Waals surface area contributed by atoms with Crippen LogP contribution in [0.15, 0.2) is 22.7 Å². The van der Waals surface area contributed by atoms with E-state index in [1.807, 2.05) is 23.1 Å². The van der Waals surface area contributed by atoms with Crippen LogP contribution < -0.4 is 5.73 Å². The van der Waals surface area contributed by atoms with Gasteiger partial charge in [0.15, 0.2) is 0 Å². The van der Waals surface area contributed by atoms with Crippen LogP contribution in [0.3, 0.4) is 0 Å². The molecule has 0 saturated carbocycles. The Morgan fingerprint density at radius 3 is 2.78 bits per heavy atom. The highest BCUT2D eigenvalue weighted by Crippen LogP contribution is 2.23. The van der Waals surface area contributed by atoms with Crippen molar-refractivity contribution < 1.29 is 4.79 Å². The van der Waals surface area contributed by atoms with Crippen LogP contribution in [0.25, 0.3) is 0 Å². The van der Waals surface area contributed by atoms with Crippen LogP contribution in [0.1, 0.15) is 18.4 Å². The fraction of sp³-hybridized carbons (Fsp3) is 0.462. The second-order valence-corrected chi connectivity index (χ2v) is 6.28. The first-order chi connectivity index (χ1) is 8.66. The Morgan fingerprint density at radius 2 is 2.11 bits per heavy atom. The van der Waals surface area contributed by atoms with Crippen molar-refractivity contribution in [2.75, 3.05) is 24.6 Å². The number of likely N-dealkylation sites (tertiary alicyclic amines) is 1. The molecule has 98 valence electrons. The Hall–Kier alpha value is -0.680. The number of anilines is 1. The molecule has 3 nitrogen and oxygen atoms in total. The first-order valence-corrected chi connectivity index (χ1v) is 8.01. The molecule has 0 atom stereocenters. The third-order valence-electron chi connectivity index (χ3n) is 3.01. The number of nitrogen functional groups attached to an aromatic ring is 1. The van der Waals surface area contributed by atoms with Crippen molar-refractivity contribution in [3.63, 3.8) is 0 Å². The van der Waals surface area contributed by atoms with Gasteiger partial charge >= 0.3 is 0 Å². The third kappa shape index (κ3) is 3.65. The van der Waals surface area contributed by atoms with Gasteiger partial charge in [0.05, 0.1) is 5.75 Å². The summed E-state index contributed by atoms with van der Waals surface area (Å²) in [6.07, 6.45) is 2.30. The number of nitrogens with zero attached hydrogens (tertiary/aromatic N) is 1. The van der Waals surface area contributed by atoms with E-state index in [0.29, 0.717) is 5.75 Å². The Balaban J connectivity index is 1.77. The maximum Gasteiger partial charge on any atom is 0.232 e. The Bertz CT molecular complexity index is 433. The van der Waals surface area contributed by atoms with Crippen LogP contribution >= 0.6 is 27.7 Å². The minimum Gasteiger partial charge on any atom is -0.398 e. The highest BCUT2D eigenvalue weighted by Gasteiger charge is 2.17. The molecule has 1 amide bonds. The quantitative estimate of drug-likeness (QED) is 0.864. The standard InChI is InChI=1S/C13H17BrN2OS/c14-11-4-3-10(7-12(11)15)8-18-9-13(17)16-5-1-2-6-16/h3-4,7H,1-2,5-6,8-9,15H2. The second-order valence-electron chi connectivity index (χ2n) is 4.44. The number of benzene rings is 1. The zero-order chi connectivity index (χ0) is 13.0. The molecule has 1 heterocycles. The lowest BCUT2D eigenvalue weighted by atomic mass is 10.2. The van der Waals surface area contributed by atoms with Gasteiger partial charge in [0.2, 0.25) is 5.91 Å². The van der Waals surface area contributed by atoms with Crippen molar-refractivity contribution in [3.8, 4) is 0 Å². The van der Waals surface area contributed by atoms with Crippen molar-refractivity contribution in [1.82, 2.24) is 4.90 Å². The lowest BCUT2D eigenvalue weighted by Gasteiger charge is -2.14. The minimum absolute atomic E-state index is 0.266. The number of carbonyl (C=O) groups excluding carboxylic acids is 1. The van der Waals surface area contributed by atoms with Gasteiger partial charge in [-0.1, -0.05) is 6.07 Å². The largest absolute Gasteiger partial charge is 0.398 e. The molecule has 0 aliphatic carbocycles. The van der Waals surface area contributed by atoms with Crippen molar-refractivity contribution in [1.29, 1.82) is 0 Å². The molecule has 1 aliphatic heterocycles. The summed E-state index contributed by atoms with van der Waals surface area (Å²) >= 11 is 5.03. The van der Waals surface area contributed by atoms with Crippen LogP contribution in [0.2, 0.25) is 0 Å². The van der Waals surface area contributed by atoms with Gasteiger partial charge in [0.25, 0.3) is 0 Å². The monoisotopic (exact) mass is 328 g/mol. The van der Waals surface area contributed by atoms with Crippen molar-refractivity contribution >= 4 is 39.3 Å². The van der Waals surface area contributed by atoms with E-state index >= 15 is 0 Å². The second kappa shape index (κ2) is 6.48. The summed E-state index contributed by atoms with van der Waals surface area (Å²) in [6, 6.07) is 5.94. The summed E-state index contributed by atoms with van der Waals surface area (Å²) < 4.78 is 0.921. The molecule has 1 aliphatic rings. The van der Waals surface area contributed by atoms with Crippen molar-refractivity contribution in [3.05, 3.63) is 28.2 Å². The van der Waals surface area contributed by atoms with Gasteiger partial charge in [-0.2, -0.15) is 0 Å². The maximum atomic E-state index is 11.8. The molecule has 1 aromatic carbocycles. The maximum absolute atomic E-state index is 11.8. The number of nitrogens with two attached hydrogens (primary N) is 1. The smallest absolute Gasteiger partial charge is 0.232 e. The average molecular weight is 329 g/mol. The molecular weight excluding hydrogens is 312 g/mol. The van der Waals surface area contributed by atoms with E-state index < -0.39 is 0 Å². The molecule has 0 spiro atoms. The van der Waals surface area contributed by atoms with E-state index in [4.69, 9.17) is 5.73 Å². The van der Waals surface area contributed by atoms with Crippen LogP contribution in [-0.2, 0) is 10.5 Å². The van der Waals surface area contributed by atoms with Crippen LogP contribution in [0.5, 0.6) is 0 Å². The Morgan fingerprint density at radius 1 is 1.39 bits per heavy atom. The van der Waals surface area contributed by atoms with Gasteiger partial charge in [-0.25, -0.2) is 0 Å². The van der Waals surface area contributed by atoms with Gasteiger partial charge in [-0.3, -0.25) is 4.79 Å². The zero-order valence-electron chi connectivity index (χ0n) is 10.2. The van der Waals surface area contributed by atoms with E-state index in [1.165, 1.54) is 0 Å². The lowest BCUT2D eigenvalue weighted by Crippen LogP contribution is -2.29. The minimum atomic E-state index is 0.266. The van der Waals surface area contributed by atoms with Crippen molar-refractivity contribution in [2.24, 2.45) is 0 Å². The average Bonchev–Trinajstić information content (AvgIpc) is 2.87. The third-order valence-corrected chi connectivity index (χ3v) is 4.72. The van der Waals surface area contributed by atoms with Crippen LogP contribution in [-0.4, -0.2) is 29.6 Å². The van der Waals surface area contributed by atoms with E-state index in [9.17, 15) is 4.79 Å². The predicted molar refractivity (Wildman–Crippen MR) is 80.5 cm³/mol. The number of halogens is 1. The summed E-state index contributed by atoms with van der Waals surface area (Å²) in [5.41, 5.74) is 7.73. The number of hydrogen-bond donors (Lipinski definition) is 1. The van der Waals surface area contributed by atoms with E-state index in [-0.39, 0.29) is 5.91 Å². The number of thioether (sulfide) groups is 1. The highest BCUT2D eigenvalue weighted by atomic mass is 79.9. The molecule has 2 rings (SSSR count). The summed E-state index contributed by atoms with van der Waals surface area (Å²) in [6.45, 7) is 1.87. The number of amides is 1. The molecule has 1 aromatic rings. The van der Waals surface area contributed by atoms with E-state index in [1.54, 1.807) is 11.8 Å². The molecule has 2 N–H and O–H groups in total. The normalized spacial score (nSPS) is 15.1. The number of rotatable bonds is 4. The van der Waals surface area contributed by atoms with Crippen molar-refractivity contribution in [2.45, 2.75) is 18.6 Å². The van der Waals surface area contributed by atoms with Gasteiger partial charge in [-0.15, -0.1) is 11.8 Å². The molecule has 18 heavy (non-hydrogen) atoms. The summed E-state index contributed by atoms with van der Waals surface area (Å²) in [4.78, 5) is 13.8. The van der Waals surface area contributed by atoms with Gasteiger partial charge in [0, 0.05) is 29.0 Å². The topological polar surface area (TPSA) is 46.3 Å². The Labute approximate surface area is 120 Å². The first kappa shape index (κ1) is 13.7. The van der Waals surface area contributed by atoms with Gasteiger partial charge in [-0.05, 0) is 46.5 Å². The Kier molecular flexibility index (Phi) is 4.95. The molecule has 0 bridgehead atoms. The summed E-state index contributed by atoms with van der Waals surface area (Å²) in [5.74, 6) is 1.66. The molecular formula is C13H17BrN2OS. The summed E-state index contributed by atoms with van der Waals surface area (Å²) in [5, 5.41) is 0. The number of hydrogen-bond acceptors (Lipinski definition) is 3. The SMILES string of the molecule is Nc1cc(CSCC(=O)N2CCCC2)ccc1Br. The first-order valence-electron chi connectivity index (χ1n) is 6.06. The molecule has 0 aromatic heterocycles.